The predicted molar refractivity (Wildman–Crippen MR) is 149 cm³/mol. The topological polar surface area (TPSA) is 90.8 Å². The number of aromatic nitrogens is 4. The third-order valence-corrected chi connectivity index (χ3v) is 7.25. The first kappa shape index (κ1) is 23.5. The number of hydrogen-bond donors (Lipinski definition) is 2. The van der Waals surface area contributed by atoms with E-state index in [4.69, 9.17) is 22.3 Å². The van der Waals surface area contributed by atoms with Gasteiger partial charge in [0.15, 0.2) is 5.65 Å². The van der Waals surface area contributed by atoms with Crippen molar-refractivity contribution in [1.29, 1.82) is 0 Å². The molecule has 1 aliphatic carbocycles. The summed E-state index contributed by atoms with van der Waals surface area (Å²) in [6.45, 7) is 0. The van der Waals surface area contributed by atoms with Gasteiger partial charge in [-0.05, 0) is 73.5 Å². The largest absolute Gasteiger partial charge is 0.381 e. The van der Waals surface area contributed by atoms with Gasteiger partial charge in [0, 0.05) is 28.4 Å². The van der Waals surface area contributed by atoms with Crippen LogP contribution in [0, 0.1) is 0 Å². The number of nitrogens with zero attached hydrogens (tertiary/aromatic N) is 4. The molecule has 0 aliphatic heterocycles. The van der Waals surface area contributed by atoms with Gasteiger partial charge >= 0.3 is 0 Å². The summed E-state index contributed by atoms with van der Waals surface area (Å²) < 4.78 is 3.32. The van der Waals surface area contributed by atoms with Crippen molar-refractivity contribution in [2.75, 3.05) is 5.32 Å². The number of nitrogens with one attached hydrogen (secondary N) is 1. The molecule has 6 rings (SSSR count). The lowest BCUT2D eigenvalue weighted by Gasteiger charge is -2.30. The highest BCUT2D eigenvalue weighted by Gasteiger charge is 2.22. The zero-order chi connectivity index (χ0) is 25.4. The second-order valence-corrected chi connectivity index (χ2v) is 9.89. The van der Waals surface area contributed by atoms with Crippen molar-refractivity contribution in [2.24, 2.45) is 5.73 Å². The Morgan fingerprint density at radius 1 is 0.892 bits per heavy atom. The number of nitrogens with two attached hydrogens (primary N) is 1. The van der Waals surface area contributed by atoms with Crippen molar-refractivity contribution in [3.63, 3.8) is 0 Å². The minimum Gasteiger partial charge on any atom is -0.381 e. The van der Waals surface area contributed by atoms with Gasteiger partial charge in [-0.25, -0.2) is 9.67 Å². The third-order valence-electron chi connectivity index (χ3n) is 7.00. The molecule has 0 spiro atoms. The number of halogens is 1. The maximum Gasteiger partial charge on any atom is 0.269 e. The summed E-state index contributed by atoms with van der Waals surface area (Å²) in [5, 5.41) is 9.12. The number of anilines is 1. The number of hydrogen-bond acceptors (Lipinski definition) is 5. The highest BCUT2D eigenvalue weighted by Crippen LogP contribution is 2.27. The van der Waals surface area contributed by atoms with E-state index in [1.54, 1.807) is 27.6 Å². The first-order valence-corrected chi connectivity index (χ1v) is 12.9. The molecule has 3 N–H and O–H groups in total. The average molecular weight is 511 g/mol. The lowest BCUT2D eigenvalue weighted by molar-refractivity contribution is 0.404. The zero-order valence-electron chi connectivity index (χ0n) is 20.2. The van der Waals surface area contributed by atoms with Crippen LogP contribution in [-0.2, 0) is 0 Å². The van der Waals surface area contributed by atoms with E-state index in [0.717, 1.165) is 29.8 Å². The lowest BCUT2D eigenvalue weighted by Crippen LogP contribution is -2.42. The molecule has 37 heavy (non-hydrogen) atoms. The fourth-order valence-electron chi connectivity index (χ4n) is 5.02. The van der Waals surface area contributed by atoms with Crippen LogP contribution in [0.1, 0.15) is 25.7 Å². The van der Waals surface area contributed by atoms with Crippen LogP contribution in [0.2, 0.25) is 5.02 Å². The Bertz CT molecular complexity index is 1590. The summed E-state index contributed by atoms with van der Waals surface area (Å²) in [6.07, 6.45) is 6.07. The van der Waals surface area contributed by atoms with Gasteiger partial charge in [-0.2, -0.15) is 5.10 Å². The van der Waals surface area contributed by atoms with Crippen LogP contribution in [0.3, 0.4) is 0 Å². The maximum absolute atomic E-state index is 13.8. The highest BCUT2D eigenvalue weighted by molar-refractivity contribution is 6.30. The van der Waals surface area contributed by atoms with Crippen molar-refractivity contribution in [3.8, 4) is 22.8 Å². The van der Waals surface area contributed by atoms with E-state index in [-0.39, 0.29) is 17.6 Å². The highest BCUT2D eigenvalue weighted by atomic mass is 35.5. The maximum atomic E-state index is 13.8. The van der Waals surface area contributed by atoms with Gasteiger partial charge in [-0.1, -0.05) is 42.6 Å². The van der Waals surface area contributed by atoms with Gasteiger partial charge in [0.1, 0.15) is 11.2 Å². The molecule has 7 nitrogen and oxygen atoms in total. The Morgan fingerprint density at radius 2 is 1.62 bits per heavy atom. The van der Waals surface area contributed by atoms with E-state index in [0.29, 0.717) is 27.6 Å². The molecule has 8 heteroatoms. The molecule has 1 fully saturated rings. The summed E-state index contributed by atoms with van der Waals surface area (Å²) in [5.74, 6) is 0.526. The average Bonchev–Trinajstić information content (AvgIpc) is 3.36. The van der Waals surface area contributed by atoms with Crippen LogP contribution in [0.25, 0.3) is 33.8 Å². The lowest BCUT2D eigenvalue weighted by atomic mass is 9.91. The summed E-state index contributed by atoms with van der Waals surface area (Å²) in [6, 6.07) is 25.3. The fraction of sp³-hybridized carbons (Fsp3) is 0.207. The number of benzene rings is 3. The molecule has 2 heterocycles. The fourth-order valence-corrected chi connectivity index (χ4v) is 5.14. The molecule has 0 unspecified atom stereocenters. The zero-order valence-corrected chi connectivity index (χ0v) is 21.0. The Morgan fingerprint density at radius 3 is 2.35 bits per heavy atom. The molecule has 1 aliphatic rings. The van der Waals surface area contributed by atoms with Gasteiger partial charge in [-0.3, -0.25) is 9.36 Å². The molecule has 2 aromatic heterocycles. The molecule has 5 aromatic rings. The molecule has 0 amide bonds. The molecular weight excluding hydrogens is 484 g/mol. The summed E-state index contributed by atoms with van der Waals surface area (Å²) in [7, 11) is 0. The Labute approximate surface area is 219 Å². The quantitative estimate of drug-likeness (QED) is 0.322. The van der Waals surface area contributed by atoms with Crippen LogP contribution in [-0.4, -0.2) is 31.4 Å². The van der Waals surface area contributed by atoms with Gasteiger partial charge < -0.3 is 11.1 Å². The smallest absolute Gasteiger partial charge is 0.269 e. The van der Waals surface area contributed by atoms with Crippen LogP contribution < -0.4 is 16.6 Å². The molecule has 0 saturated heterocycles. The first-order valence-electron chi connectivity index (χ1n) is 12.5. The van der Waals surface area contributed by atoms with Crippen molar-refractivity contribution in [3.05, 3.63) is 100 Å². The van der Waals surface area contributed by atoms with Gasteiger partial charge in [-0.15, -0.1) is 0 Å². The molecule has 1 saturated carbocycles. The van der Waals surface area contributed by atoms with Crippen LogP contribution in [0.4, 0.5) is 5.69 Å². The van der Waals surface area contributed by atoms with E-state index in [2.05, 4.69) is 10.4 Å². The van der Waals surface area contributed by atoms with Gasteiger partial charge in [0.05, 0.1) is 17.6 Å². The summed E-state index contributed by atoms with van der Waals surface area (Å²) in [5.41, 5.74) is 9.98. The van der Waals surface area contributed by atoms with Crippen molar-refractivity contribution in [1.82, 2.24) is 19.3 Å². The summed E-state index contributed by atoms with van der Waals surface area (Å²) in [4.78, 5) is 18.8. The first-order chi connectivity index (χ1) is 18.1. The molecule has 0 bridgehead atoms. The standard InChI is InChI=1S/C29H27ClN6O/c30-20-12-16-22(17-13-20)35-27(19-10-14-21(15-11-19)33-26-9-5-4-8-25(26)31)34-28-24(29(35)37)18-32-36(28)23-6-2-1-3-7-23/h1-3,6-7,10-18,25-26,33H,4-5,8-9,31H2/t25-,26-/m0/s1. The van der Waals surface area contributed by atoms with E-state index >= 15 is 0 Å². The van der Waals surface area contributed by atoms with Gasteiger partial charge in [0.25, 0.3) is 5.56 Å². The van der Waals surface area contributed by atoms with E-state index in [1.165, 1.54) is 12.8 Å². The van der Waals surface area contributed by atoms with Crippen molar-refractivity contribution in [2.45, 2.75) is 37.8 Å². The molecule has 186 valence electrons. The van der Waals surface area contributed by atoms with Gasteiger partial charge in [0.2, 0.25) is 0 Å². The van der Waals surface area contributed by atoms with Crippen molar-refractivity contribution < 1.29 is 0 Å². The monoisotopic (exact) mass is 510 g/mol. The number of para-hydroxylation sites is 1. The van der Waals surface area contributed by atoms with Crippen LogP contribution in [0.15, 0.2) is 89.9 Å². The number of rotatable bonds is 5. The minimum atomic E-state index is -0.195. The van der Waals surface area contributed by atoms with Crippen LogP contribution >= 0.6 is 11.6 Å². The van der Waals surface area contributed by atoms with Crippen molar-refractivity contribution >= 4 is 28.3 Å². The normalized spacial score (nSPS) is 17.7. The Hall–Kier alpha value is -3.94. The molecule has 3 aromatic carbocycles. The minimum absolute atomic E-state index is 0.158. The molecule has 0 radical (unpaired) electrons. The third kappa shape index (κ3) is 4.52. The van der Waals surface area contributed by atoms with E-state index < -0.39 is 0 Å². The second kappa shape index (κ2) is 9.84. The summed E-state index contributed by atoms with van der Waals surface area (Å²) >= 11 is 6.14. The predicted octanol–water partition coefficient (Wildman–Crippen LogP) is 5.57. The Kier molecular flexibility index (Phi) is 6.24. The van der Waals surface area contributed by atoms with E-state index in [9.17, 15) is 4.79 Å². The molecular formula is C29H27ClN6O. The molecule has 2 atom stereocenters. The van der Waals surface area contributed by atoms with Crippen LogP contribution in [0.5, 0.6) is 0 Å². The van der Waals surface area contributed by atoms with E-state index in [1.807, 2.05) is 66.7 Å². The number of fused-ring (bicyclic) bond motifs is 1. The Balaban J connectivity index is 1.48. The second-order valence-electron chi connectivity index (χ2n) is 9.46. The SMILES string of the molecule is N[C@H]1CCCC[C@@H]1Nc1ccc(-c2nc3c(cnn3-c3ccccc3)c(=O)n2-c2ccc(Cl)cc2)cc1.